The molecule has 0 aromatic carbocycles. The smallest absolute Gasteiger partial charge is 0.00796 e. The molecular formula is C13H26N2. The molecule has 2 nitrogen and oxygen atoms in total. The Morgan fingerprint density at radius 2 is 2.13 bits per heavy atom. The summed E-state index contributed by atoms with van der Waals surface area (Å²) in [5.74, 6) is 2.72. The maximum Gasteiger partial charge on any atom is 0.00796 e. The van der Waals surface area contributed by atoms with Gasteiger partial charge in [0.15, 0.2) is 0 Å². The van der Waals surface area contributed by atoms with E-state index in [1.807, 2.05) is 0 Å². The van der Waals surface area contributed by atoms with Crippen LogP contribution in [0.5, 0.6) is 0 Å². The van der Waals surface area contributed by atoms with E-state index in [1.54, 1.807) is 0 Å². The molecule has 0 radical (unpaired) electrons. The molecule has 2 heterocycles. The Balaban J connectivity index is 1.77. The fourth-order valence-corrected chi connectivity index (χ4v) is 3.07. The maximum atomic E-state index is 3.55. The van der Waals surface area contributed by atoms with Crippen LogP contribution < -0.4 is 5.32 Å². The van der Waals surface area contributed by atoms with Crippen LogP contribution in [0.3, 0.4) is 0 Å². The van der Waals surface area contributed by atoms with Gasteiger partial charge in [-0.25, -0.2) is 0 Å². The first-order valence-electron chi connectivity index (χ1n) is 6.62. The van der Waals surface area contributed by atoms with Crippen LogP contribution in [-0.2, 0) is 0 Å². The summed E-state index contributed by atoms with van der Waals surface area (Å²) in [5.41, 5.74) is 0. The molecule has 0 aromatic heterocycles. The second-order valence-corrected chi connectivity index (χ2v) is 5.84. The van der Waals surface area contributed by atoms with E-state index >= 15 is 0 Å². The first-order valence-corrected chi connectivity index (χ1v) is 6.62. The topological polar surface area (TPSA) is 15.3 Å². The number of hydrogen-bond donors (Lipinski definition) is 1. The van der Waals surface area contributed by atoms with Gasteiger partial charge in [0.2, 0.25) is 0 Å². The van der Waals surface area contributed by atoms with Crippen molar-refractivity contribution in [3.8, 4) is 0 Å². The van der Waals surface area contributed by atoms with Gasteiger partial charge in [0.1, 0.15) is 0 Å². The highest BCUT2D eigenvalue weighted by molar-refractivity contribution is 4.85. The Morgan fingerprint density at radius 3 is 2.67 bits per heavy atom. The minimum Gasteiger partial charge on any atom is -0.314 e. The van der Waals surface area contributed by atoms with E-state index in [-0.39, 0.29) is 0 Å². The van der Waals surface area contributed by atoms with Gasteiger partial charge < -0.3 is 10.2 Å². The lowest BCUT2D eigenvalue weighted by Crippen LogP contribution is -2.33. The van der Waals surface area contributed by atoms with Crippen molar-refractivity contribution in [3.63, 3.8) is 0 Å². The zero-order valence-corrected chi connectivity index (χ0v) is 10.5. The van der Waals surface area contributed by atoms with Crippen LogP contribution in [0.1, 0.15) is 33.6 Å². The molecule has 1 N–H and O–H groups in total. The van der Waals surface area contributed by atoms with Crippen molar-refractivity contribution in [1.29, 1.82) is 0 Å². The number of nitrogens with one attached hydrogen (secondary N) is 1. The Kier molecular flexibility index (Phi) is 3.68. The standard InChI is InChI=1S/C13H26N2/c1-10(2)12-5-7-15(8-12)9-13-4-6-14-11(13)3/h10-14H,4-9H2,1-3H3. The lowest BCUT2D eigenvalue weighted by molar-refractivity contribution is 0.249. The first kappa shape index (κ1) is 11.4. The van der Waals surface area contributed by atoms with E-state index in [0.717, 1.165) is 23.8 Å². The highest BCUT2D eigenvalue weighted by Gasteiger charge is 2.29. The molecule has 3 atom stereocenters. The number of rotatable bonds is 3. The summed E-state index contributed by atoms with van der Waals surface area (Å²) in [6.45, 7) is 12.3. The molecule has 0 amide bonds. The fourth-order valence-electron chi connectivity index (χ4n) is 3.07. The quantitative estimate of drug-likeness (QED) is 0.766. The fraction of sp³-hybridized carbons (Fsp3) is 1.00. The van der Waals surface area contributed by atoms with Gasteiger partial charge in [-0.1, -0.05) is 13.8 Å². The second-order valence-electron chi connectivity index (χ2n) is 5.84. The van der Waals surface area contributed by atoms with Crippen molar-refractivity contribution in [3.05, 3.63) is 0 Å². The molecule has 0 aliphatic carbocycles. The minimum absolute atomic E-state index is 0.739. The van der Waals surface area contributed by atoms with Gasteiger partial charge in [0.05, 0.1) is 0 Å². The highest BCUT2D eigenvalue weighted by atomic mass is 15.2. The normalized spacial score (nSPS) is 38.0. The number of nitrogens with zero attached hydrogens (tertiary/aromatic N) is 1. The average Bonchev–Trinajstić information content (AvgIpc) is 2.77. The molecule has 2 saturated heterocycles. The van der Waals surface area contributed by atoms with E-state index in [0.29, 0.717) is 0 Å². The predicted molar refractivity (Wildman–Crippen MR) is 65.0 cm³/mol. The molecule has 0 spiro atoms. The molecule has 3 unspecified atom stereocenters. The molecule has 2 heteroatoms. The van der Waals surface area contributed by atoms with Crippen LogP contribution in [0.4, 0.5) is 0 Å². The predicted octanol–water partition coefficient (Wildman–Crippen LogP) is 1.96. The summed E-state index contributed by atoms with van der Waals surface area (Å²) in [4.78, 5) is 2.69. The molecule has 2 rings (SSSR count). The molecule has 0 aromatic rings. The Bertz CT molecular complexity index is 203. The second kappa shape index (κ2) is 4.84. The van der Waals surface area contributed by atoms with Crippen molar-refractivity contribution in [2.24, 2.45) is 17.8 Å². The summed E-state index contributed by atoms with van der Waals surface area (Å²) < 4.78 is 0. The average molecular weight is 210 g/mol. The summed E-state index contributed by atoms with van der Waals surface area (Å²) >= 11 is 0. The highest BCUT2D eigenvalue weighted by Crippen LogP contribution is 2.26. The van der Waals surface area contributed by atoms with Crippen LogP contribution in [0.25, 0.3) is 0 Å². The van der Waals surface area contributed by atoms with Gasteiger partial charge in [0.25, 0.3) is 0 Å². The largest absolute Gasteiger partial charge is 0.314 e. The molecule has 0 saturated carbocycles. The zero-order valence-electron chi connectivity index (χ0n) is 10.5. The molecule has 0 bridgehead atoms. The Labute approximate surface area is 94.4 Å². The third-order valence-electron chi connectivity index (χ3n) is 4.43. The first-order chi connectivity index (χ1) is 7.16. The molecular weight excluding hydrogens is 184 g/mol. The van der Waals surface area contributed by atoms with Gasteiger partial charge >= 0.3 is 0 Å². The third-order valence-corrected chi connectivity index (χ3v) is 4.43. The molecule has 2 aliphatic rings. The minimum atomic E-state index is 0.739. The summed E-state index contributed by atoms with van der Waals surface area (Å²) in [6, 6.07) is 0.739. The molecule has 15 heavy (non-hydrogen) atoms. The molecule has 2 fully saturated rings. The van der Waals surface area contributed by atoms with E-state index in [2.05, 4.69) is 31.0 Å². The SMILES string of the molecule is CC(C)C1CCN(CC2CCNC2C)C1. The van der Waals surface area contributed by atoms with E-state index in [4.69, 9.17) is 0 Å². The van der Waals surface area contributed by atoms with Crippen LogP contribution in [0, 0.1) is 17.8 Å². The Hall–Kier alpha value is -0.0800. The lowest BCUT2D eigenvalue weighted by Gasteiger charge is -2.23. The maximum absolute atomic E-state index is 3.55. The van der Waals surface area contributed by atoms with E-state index in [1.165, 1.54) is 39.0 Å². The molecule has 88 valence electrons. The van der Waals surface area contributed by atoms with E-state index < -0.39 is 0 Å². The third kappa shape index (κ3) is 2.73. The monoisotopic (exact) mass is 210 g/mol. The van der Waals surface area contributed by atoms with Crippen LogP contribution in [0.15, 0.2) is 0 Å². The van der Waals surface area contributed by atoms with Crippen molar-refractivity contribution in [1.82, 2.24) is 10.2 Å². The van der Waals surface area contributed by atoms with Crippen molar-refractivity contribution >= 4 is 0 Å². The summed E-state index contributed by atoms with van der Waals surface area (Å²) in [6.07, 6.45) is 2.80. The lowest BCUT2D eigenvalue weighted by atomic mass is 9.95. The van der Waals surface area contributed by atoms with E-state index in [9.17, 15) is 0 Å². The summed E-state index contributed by atoms with van der Waals surface area (Å²) in [5, 5.41) is 3.55. The van der Waals surface area contributed by atoms with Crippen molar-refractivity contribution < 1.29 is 0 Å². The van der Waals surface area contributed by atoms with Crippen molar-refractivity contribution in [2.45, 2.75) is 39.7 Å². The number of hydrogen-bond acceptors (Lipinski definition) is 2. The Morgan fingerprint density at radius 1 is 1.33 bits per heavy atom. The van der Waals surface area contributed by atoms with Gasteiger partial charge in [-0.15, -0.1) is 0 Å². The van der Waals surface area contributed by atoms with Gasteiger partial charge in [-0.05, 0) is 50.6 Å². The van der Waals surface area contributed by atoms with Crippen LogP contribution in [-0.4, -0.2) is 37.1 Å². The number of likely N-dealkylation sites (tertiary alicyclic amines) is 1. The van der Waals surface area contributed by atoms with Gasteiger partial charge in [-0.2, -0.15) is 0 Å². The van der Waals surface area contributed by atoms with Gasteiger partial charge in [0, 0.05) is 19.1 Å². The van der Waals surface area contributed by atoms with Gasteiger partial charge in [-0.3, -0.25) is 0 Å². The van der Waals surface area contributed by atoms with Crippen molar-refractivity contribution in [2.75, 3.05) is 26.2 Å². The van der Waals surface area contributed by atoms with Crippen LogP contribution >= 0.6 is 0 Å². The molecule has 2 aliphatic heterocycles. The zero-order chi connectivity index (χ0) is 10.8. The summed E-state index contributed by atoms with van der Waals surface area (Å²) in [7, 11) is 0. The van der Waals surface area contributed by atoms with Crippen LogP contribution in [0.2, 0.25) is 0 Å².